The summed E-state index contributed by atoms with van der Waals surface area (Å²) in [6.45, 7) is 1.64. The van der Waals surface area contributed by atoms with E-state index in [4.69, 9.17) is 28.0 Å². The van der Waals surface area contributed by atoms with Crippen molar-refractivity contribution in [1.82, 2.24) is 9.97 Å². The van der Waals surface area contributed by atoms with Gasteiger partial charge in [0.05, 0.1) is 26.4 Å². The van der Waals surface area contributed by atoms with E-state index >= 15 is 0 Å². The fourth-order valence-electron chi connectivity index (χ4n) is 3.61. The number of nitrogens with one attached hydrogen (secondary N) is 4. The van der Waals surface area contributed by atoms with Gasteiger partial charge in [-0.15, -0.1) is 0 Å². The average molecular weight is 622 g/mol. The van der Waals surface area contributed by atoms with Crippen molar-refractivity contribution >= 4 is 66.1 Å². The van der Waals surface area contributed by atoms with Gasteiger partial charge in [0.25, 0.3) is 10.0 Å². The van der Waals surface area contributed by atoms with Crippen molar-refractivity contribution in [2.24, 2.45) is 0 Å². The summed E-state index contributed by atoms with van der Waals surface area (Å²) in [5.41, 5.74) is 2.16. The molecule has 0 unspecified atom stereocenters. The summed E-state index contributed by atoms with van der Waals surface area (Å²) in [5, 5.41) is 15.9. The third-order valence-electron chi connectivity index (χ3n) is 5.64. The Morgan fingerprint density at radius 3 is 2.38 bits per heavy atom. The molecule has 0 aliphatic carbocycles. The third kappa shape index (κ3) is 7.01. The van der Waals surface area contributed by atoms with Crippen molar-refractivity contribution in [2.75, 3.05) is 28.2 Å². The Morgan fingerprint density at radius 2 is 1.70 bits per heavy atom. The first-order valence-corrected chi connectivity index (χ1v) is 16.0. The maximum absolute atomic E-state index is 12.9. The molecule has 0 bridgehead atoms. The predicted molar refractivity (Wildman–Crippen MR) is 160 cm³/mol. The fourth-order valence-corrected chi connectivity index (χ4v) is 6.12. The Labute approximate surface area is 242 Å². The first-order chi connectivity index (χ1) is 18.9. The van der Waals surface area contributed by atoms with E-state index in [1.54, 1.807) is 61.7 Å². The average Bonchev–Trinajstić information content (AvgIpc) is 2.90. The van der Waals surface area contributed by atoms with E-state index < -0.39 is 19.8 Å². The zero-order chi connectivity index (χ0) is 29.1. The smallest absolute Gasteiger partial charge is 0.263 e. The molecule has 10 nitrogen and oxygen atoms in total. The minimum atomic E-state index is -3.99. The van der Waals surface area contributed by atoms with Gasteiger partial charge in [0.15, 0.2) is 0 Å². The summed E-state index contributed by atoms with van der Waals surface area (Å²) in [6.07, 6.45) is 2.93. The summed E-state index contributed by atoms with van der Waals surface area (Å²) in [5.74, 6) is 0.665. The number of hydrogen-bond acceptors (Lipinski definition) is 9. The van der Waals surface area contributed by atoms with Crippen LogP contribution in [0.25, 0.3) is 11.1 Å². The van der Waals surface area contributed by atoms with Crippen LogP contribution in [0.1, 0.15) is 6.92 Å². The molecule has 0 fully saturated rings. The molecule has 4 rings (SSSR count). The molecule has 3 aromatic carbocycles. The summed E-state index contributed by atoms with van der Waals surface area (Å²) in [7, 11) is -6.89. The summed E-state index contributed by atoms with van der Waals surface area (Å²) < 4.78 is 48.2. The lowest BCUT2D eigenvalue weighted by Gasteiger charge is -2.17. The van der Waals surface area contributed by atoms with Gasteiger partial charge in [0.2, 0.25) is 5.95 Å². The third-order valence-corrected chi connectivity index (χ3v) is 9.15. The van der Waals surface area contributed by atoms with Crippen molar-refractivity contribution < 1.29 is 17.7 Å². The number of aromatic nitrogens is 2. The number of benzene rings is 3. The Morgan fingerprint density at radius 1 is 1.00 bits per heavy atom. The van der Waals surface area contributed by atoms with E-state index in [-0.39, 0.29) is 33.5 Å². The minimum Gasteiger partial charge on any atom is -0.394 e. The number of rotatable bonds is 10. The molecular weight excluding hydrogens is 595 g/mol. The fraction of sp³-hybridized carbons (Fsp3) is 0.154. The lowest BCUT2D eigenvalue weighted by Crippen LogP contribution is -2.21. The molecule has 0 radical (unpaired) electrons. The van der Waals surface area contributed by atoms with Crippen LogP contribution in [0.15, 0.2) is 82.7 Å². The van der Waals surface area contributed by atoms with Gasteiger partial charge in [-0.3, -0.25) is 4.72 Å². The molecule has 14 heteroatoms. The number of anilines is 4. The highest BCUT2D eigenvalue weighted by Crippen LogP contribution is 2.32. The number of aliphatic hydroxyl groups excluding tert-OH is 1. The van der Waals surface area contributed by atoms with Crippen LogP contribution in [0.3, 0.4) is 0 Å². The zero-order valence-corrected chi connectivity index (χ0v) is 24.5. The van der Waals surface area contributed by atoms with Crippen LogP contribution in [0.5, 0.6) is 0 Å². The number of nitrogens with zero attached hydrogens (tertiary/aromatic N) is 2. The van der Waals surface area contributed by atoms with Crippen molar-refractivity contribution in [3.05, 3.63) is 83.0 Å². The summed E-state index contributed by atoms with van der Waals surface area (Å²) in [4.78, 5) is 9.19. The Kier molecular flexibility index (Phi) is 8.86. The number of aliphatic hydroxyl groups is 1. The molecular formula is C26H26Cl2N6O4S2. The van der Waals surface area contributed by atoms with Gasteiger partial charge in [-0.1, -0.05) is 47.5 Å². The van der Waals surface area contributed by atoms with Crippen LogP contribution in [0.4, 0.5) is 23.1 Å². The van der Waals surface area contributed by atoms with Gasteiger partial charge >= 0.3 is 0 Å². The molecule has 4 aromatic rings. The topological polar surface area (TPSA) is 157 Å². The second-order valence-corrected chi connectivity index (χ2v) is 13.5. The van der Waals surface area contributed by atoms with Crippen LogP contribution in [-0.4, -0.2) is 46.6 Å². The Bertz CT molecular complexity index is 1750. The Hall–Kier alpha value is -3.42. The lowest BCUT2D eigenvalue weighted by atomic mass is 10.1. The van der Waals surface area contributed by atoms with Crippen LogP contribution in [0.2, 0.25) is 10.0 Å². The molecule has 0 amide bonds. The molecule has 0 aliphatic rings. The van der Waals surface area contributed by atoms with Crippen LogP contribution < -0.4 is 15.4 Å². The molecule has 1 aromatic heterocycles. The van der Waals surface area contributed by atoms with Gasteiger partial charge in [-0.25, -0.2) is 22.4 Å². The van der Waals surface area contributed by atoms with Gasteiger partial charge in [-0.05, 0) is 55.0 Å². The second kappa shape index (κ2) is 12.0. The SMILES string of the molecule is C[C@H](CO)Nc1nc(Nc2cccc([S@@](C)(=N)=O)c2)ncc1-c1ccc(NS(=O)(=O)c2cccc(Cl)c2Cl)cc1. The van der Waals surface area contributed by atoms with Gasteiger partial charge < -0.3 is 15.7 Å². The molecule has 0 aliphatic heterocycles. The van der Waals surface area contributed by atoms with Crippen molar-refractivity contribution in [3.8, 4) is 11.1 Å². The zero-order valence-electron chi connectivity index (χ0n) is 21.4. The van der Waals surface area contributed by atoms with E-state index in [9.17, 15) is 17.7 Å². The standard InChI is InChI=1S/C26H26Cl2N6O4S2/c1-16(15-35)31-25-21(14-30-26(33-25)32-19-5-3-6-20(13-19)39(2,29)36)17-9-11-18(12-10-17)34-40(37,38)23-8-4-7-22(27)24(23)28/h3-14,16,29,34-35H,15H2,1-2H3,(H2,30,31,32,33)/t16-,39+/m1/s1. The molecule has 210 valence electrons. The molecule has 5 N–H and O–H groups in total. The maximum Gasteiger partial charge on any atom is 0.263 e. The van der Waals surface area contributed by atoms with E-state index in [1.807, 2.05) is 0 Å². The van der Waals surface area contributed by atoms with Crippen molar-refractivity contribution in [1.29, 1.82) is 4.78 Å². The lowest BCUT2D eigenvalue weighted by molar-refractivity contribution is 0.281. The van der Waals surface area contributed by atoms with E-state index in [1.165, 1.54) is 24.5 Å². The van der Waals surface area contributed by atoms with E-state index in [2.05, 4.69) is 25.3 Å². The first-order valence-electron chi connectivity index (χ1n) is 11.8. The van der Waals surface area contributed by atoms with Crippen LogP contribution in [-0.2, 0) is 19.8 Å². The van der Waals surface area contributed by atoms with E-state index in [0.29, 0.717) is 33.2 Å². The predicted octanol–water partition coefficient (Wildman–Crippen LogP) is 5.82. The molecule has 0 spiro atoms. The van der Waals surface area contributed by atoms with Gasteiger partial charge in [0, 0.05) is 40.3 Å². The molecule has 0 saturated heterocycles. The number of hydrogen-bond donors (Lipinski definition) is 5. The van der Waals surface area contributed by atoms with E-state index in [0.717, 1.165) is 0 Å². The van der Waals surface area contributed by atoms with Crippen molar-refractivity contribution in [2.45, 2.75) is 22.8 Å². The molecule has 0 saturated carbocycles. The van der Waals surface area contributed by atoms with Gasteiger partial charge in [-0.2, -0.15) is 4.98 Å². The number of sulfonamides is 1. The number of halogens is 2. The van der Waals surface area contributed by atoms with Crippen LogP contribution in [0, 0.1) is 4.78 Å². The highest BCUT2D eigenvalue weighted by atomic mass is 35.5. The first kappa shape index (κ1) is 29.6. The second-order valence-electron chi connectivity index (χ2n) is 8.92. The highest BCUT2D eigenvalue weighted by molar-refractivity contribution is 7.93. The maximum atomic E-state index is 12.9. The normalized spacial score (nSPS) is 13.7. The monoisotopic (exact) mass is 620 g/mol. The Balaban J connectivity index is 1.62. The van der Waals surface area contributed by atoms with Crippen molar-refractivity contribution in [3.63, 3.8) is 0 Å². The largest absolute Gasteiger partial charge is 0.394 e. The summed E-state index contributed by atoms with van der Waals surface area (Å²) in [6, 6.07) is 17.3. The molecule has 40 heavy (non-hydrogen) atoms. The van der Waals surface area contributed by atoms with Crippen LogP contribution >= 0.6 is 23.2 Å². The molecule has 1 heterocycles. The van der Waals surface area contributed by atoms with Gasteiger partial charge in [0.1, 0.15) is 10.7 Å². The minimum absolute atomic E-state index is 0.0671. The molecule has 2 atom stereocenters. The quantitative estimate of drug-likeness (QED) is 0.148. The summed E-state index contributed by atoms with van der Waals surface area (Å²) >= 11 is 12.1. The highest BCUT2D eigenvalue weighted by Gasteiger charge is 2.20.